The minimum absolute atomic E-state index is 0.0252. The molecule has 0 radical (unpaired) electrons. The average molecular weight is 682 g/mol. The predicted molar refractivity (Wildman–Crippen MR) is 167 cm³/mol. The van der Waals surface area contributed by atoms with Crippen molar-refractivity contribution in [3.8, 4) is 0 Å². The molecule has 2 N–H and O–H groups in total. The maximum Gasteiger partial charge on any atom is 0.249 e. The number of ether oxygens (including phenoxy) is 2. The number of carbonyl (C=O) groups is 3. The third-order valence-corrected chi connectivity index (χ3v) is 11.3. The molecule has 7 nitrogen and oxygen atoms in total. The fourth-order valence-corrected chi connectivity index (χ4v) is 9.37. The van der Waals surface area contributed by atoms with Crippen molar-refractivity contribution in [1.29, 1.82) is 0 Å². The van der Waals surface area contributed by atoms with Crippen LogP contribution in [-0.4, -0.2) is 63.9 Å². The van der Waals surface area contributed by atoms with E-state index in [0.717, 1.165) is 0 Å². The van der Waals surface area contributed by atoms with E-state index in [1.54, 1.807) is 37.4 Å². The molecule has 2 saturated carbocycles. The van der Waals surface area contributed by atoms with E-state index in [-0.39, 0.29) is 60.5 Å². The molecule has 1 saturated heterocycles. The maximum atomic E-state index is 16.1. The van der Waals surface area contributed by atoms with Crippen LogP contribution in [0.5, 0.6) is 0 Å². The molecule has 2 spiro atoms. The Morgan fingerprint density at radius 2 is 1.89 bits per heavy atom. The number of hydrogen-bond acceptors (Lipinski definition) is 5. The fraction of sp³-hybridized carbons (Fsp3) is 0.559. The van der Waals surface area contributed by atoms with Crippen molar-refractivity contribution in [2.45, 2.75) is 56.0 Å². The van der Waals surface area contributed by atoms with Crippen molar-refractivity contribution in [2.75, 3.05) is 45.5 Å². The zero-order valence-corrected chi connectivity index (χ0v) is 27.0. The molecule has 5 atom stereocenters. The van der Waals surface area contributed by atoms with Gasteiger partial charge in [0.1, 0.15) is 17.7 Å². The van der Waals surface area contributed by atoms with Crippen LogP contribution in [-0.2, 0) is 29.3 Å². The number of halogens is 5. The monoisotopic (exact) mass is 680 g/mol. The van der Waals surface area contributed by atoms with Crippen LogP contribution in [0.2, 0.25) is 10.0 Å². The van der Waals surface area contributed by atoms with Gasteiger partial charge in [-0.1, -0.05) is 41.4 Å². The largest absolute Gasteiger partial charge is 0.383 e. The highest BCUT2D eigenvalue weighted by atomic mass is 35.5. The van der Waals surface area contributed by atoms with Crippen LogP contribution >= 0.6 is 23.2 Å². The van der Waals surface area contributed by atoms with Crippen molar-refractivity contribution in [1.82, 2.24) is 5.32 Å². The Hall–Kier alpha value is -2.66. The van der Waals surface area contributed by atoms with Crippen LogP contribution in [0, 0.1) is 28.5 Å². The first kappa shape index (κ1) is 33.2. The molecule has 6 rings (SSSR count). The van der Waals surface area contributed by atoms with Gasteiger partial charge in [0.15, 0.2) is 0 Å². The lowest BCUT2D eigenvalue weighted by molar-refractivity contribution is -0.143. The first-order valence-electron chi connectivity index (χ1n) is 15.6. The van der Waals surface area contributed by atoms with Gasteiger partial charge in [-0.3, -0.25) is 23.2 Å². The molecule has 12 heteroatoms. The number of anilines is 1. The molecular formula is C34H37Cl2F3N2O5. The summed E-state index contributed by atoms with van der Waals surface area (Å²) >= 11 is 12.6. The smallest absolute Gasteiger partial charge is 0.249 e. The van der Waals surface area contributed by atoms with Crippen molar-refractivity contribution in [3.05, 3.63) is 63.4 Å². The summed E-state index contributed by atoms with van der Waals surface area (Å²) in [6.07, 6.45) is 0.631. The van der Waals surface area contributed by atoms with Crippen LogP contribution < -0.4 is 10.6 Å². The molecular weight excluding hydrogens is 644 g/mol. The van der Waals surface area contributed by atoms with Gasteiger partial charge in [-0.15, -0.1) is 0 Å². The second kappa shape index (κ2) is 12.7. The summed E-state index contributed by atoms with van der Waals surface area (Å²) in [5.41, 5.74) is -2.72. The number of methoxy groups -OCH3 is 1. The molecule has 2 heterocycles. The van der Waals surface area contributed by atoms with Gasteiger partial charge in [0.25, 0.3) is 0 Å². The SMILES string of the molecule is COCCNC(=O)[C@@H]1CC[C@@H](CC(=O)[C@@H]2CC3(CC(CF)(CF)C3)[C@@]3(C(=O)Nc4cc(Cl)ccc43)[C@H]2c2cccc(Cl)c2F)CO1. The topological polar surface area (TPSA) is 93.7 Å². The lowest BCUT2D eigenvalue weighted by Crippen LogP contribution is -2.61. The first-order chi connectivity index (χ1) is 22.0. The van der Waals surface area contributed by atoms with Crippen molar-refractivity contribution in [3.63, 3.8) is 0 Å². The summed E-state index contributed by atoms with van der Waals surface area (Å²) in [4.78, 5) is 41.3. The molecule has 2 aromatic rings. The zero-order chi connectivity index (χ0) is 32.9. The van der Waals surface area contributed by atoms with Crippen LogP contribution in [0.4, 0.5) is 18.9 Å². The number of hydrogen-bond donors (Lipinski definition) is 2. The van der Waals surface area contributed by atoms with Crippen molar-refractivity contribution < 1.29 is 37.0 Å². The summed E-state index contributed by atoms with van der Waals surface area (Å²) < 4.78 is 55.6. The predicted octanol–water partition coefficient (Wildman–Crippen LogP) is 6.35. The van der Waals surface area contributed by atoms with Crippen LogP contribution in [0.25, 0.3) is 0 Å². The second-order valence-electron chi connectivity index (χ2n) is 13.5. The Bertz CT molecular complexity index is 1520. The van der Waals surface area contributed by atoms with E-state index in [1.165, 1.54) is 6.07 Å². The molecule has 248 valence electrons. The maximum absolute atomic E-state index is 16.1. The van der Waals surface area contributed by atoms with Crippen molar-refractivity contribution in [2.24, 2.45) is 22.7 Å². The van der Waals surface area contributed by atoms with Gasteiger partial charge >= 0.3 is 0 Å². The number of rotatable bonds is 10. The Labute approximate surface area is 275 Å². The number of ketones is 1. The van der Waals surface area contributed by atoms with E-state index in [9.17, 15) is 23.2 Å². The van der Waals surface area contributed by atoms with E-state index >= 15 is 4.39 Å². The van der Waals surface area contributed by atoms with Crippen LogP contribution in [0.1, 0.15) is 55.6 Å². The highest BCUT2D eigenvalue weighted by molar-refractivity contribution is 6.31. The first-order valence-corrected chi connectivity index (χ1v) is 16.4. The molecule has 46 heavy (non-hydrogen) atoms. The highest BCUT2D eigenvalue weighted by Gasteiger charge is 2.77. The van der Waals surface area contributed by atoms with Gasteiger partial charge in [0.05, 0.1) is 37.0 Å². The molecule has 2 aliphatic carbocycles. The summed E-state index contributed by atoms with van der Waals surface area (Å²) in [7, 11) is 1.54. The number of Topliss-reactive ketones (excluding diaryl/α,β-unsaturated/α-hetero) is 1. The second-order valence-corrected chi connectivity index (χ2v) is 14.3. The molecule has 2 aliphatic heterocycles. The summed E-state index contributed by atoms with van der Waals surface area (Å²) in [6.45, 7) is -0.905. The normalized spacial score (nSPS) is 29.0. The molecule has 3 fully saturated rings. The molecule has 0 aromatic heterocycles. The van der Waals surface area contributed by atoms with Crippen LogP contribution in [0.15, 0.2) is 36.4 Å². The number of nitrogens with one attached hydrogen (secondary N) is 2. The third-order valence-electron chi connectivity index (χ3n) is 10.8. The Morgan fingerprint density at radius 1 is 1.13 bits per heavy atom. The quantitative estimate of drug-likeness (QED) is 0.286. The van der Waals surface area contributed by atoms with E-state index in [4.69, 9.17) is 32.7 Å². The number of carbonyl (C=O) groups excluding carboxylic acids is 3. The molecule has 2 amide bonds. The van der Waals surface area contributed by atoms with E-state index in [1.807, 2.05) is 0 Å². The number of alkyl halides is 2. The van der Waals surface area contributed by atoms with Gasteiger partial charge < -0.3 is 20.1 Å². The molecule has 0 bridgehead atoms. The van der Waals surface area contributed by atoms with Gasteiger partial charge in [-0.25, -0.2) is 4.39 Å². The average Bonchev–Trinajstić information content (AvgIpc) is 3.49. The zero-order valence-electron chi connectivity index (χ0n) is 25.5. The van der Waals surface area contributed by atoms with Crippen LogP contribution in [0.3, 0.4) is 0 Å². The summed E-state index contributed by atoms with van der Waals surface area (Å²) in [5.74, 6) is -3.66. The van der Waals surface area contributed by atoms with Gasteiger partial charge in [0, 0.05) is 48.0 Å². The number of benzene rings is 2. The van der Waals surface area contributed by atoms with Gasteiger partial charge in [-0.2, -0.15) is 0 Å². The Kier molecular flexibility index (Phi) is 9.21. The van der Waals surface area contributed by atoms with E-state index in [0.29, 0.717) is 42.3 Å². The third kappa shape index (κ3) is 5.24. The minimum atomic E-state index is -1.50. The standard InChI is InChI=1S/C34H37Cl2F3N2O5/c1-45-10-9-40-30(43)27-8-5-19(14-46-27)11-26(42)22-13-33(15-32(16-33,17-37)18-38)34(28(22)21-3-2-4-24(36)29(21)39)23-7-6-20(35)12-25(23)41-31(34)44/h2-4,6-7,12,19,22,27-28H,5,8-11,13-18H2,1H3,(H,40,43)(H,41,44)/t19-,22-,27-,28-,34+/m0/s1. The molecule has 4 aliphatic rings. The highest BCUT2D eigenvalue weighted by Crippen LogP contribution is 2.77. The lowest BCUT2D eigenvalue weighted by Gasteiger charge is -2.59. The Morgan fingerprint density at radius 3 is 2.57 bits per heavy atom. The fourth-order valence-electron chi connectivity index (χ4n) is 9.02. The molecule has 2 aromatic carbocycles. The Balaban J connectivity index is 1.37. The number of fused-ring (bicyclic) bond motifs is 3. The van der Waals surface area contributed by atoms with E-state index < -0.39 is 59.3 Å². The van der Waals surface area contributed by atoms with Gasteiger partial charge in [-0.05, 0) is 72.8 Å². The number of amides is 2. The van der Waals surface area contributed by atoms with Gasteiger partial charge in [0.2, 0.25) is 11.8 Å². The lowest BCUT2D eigenvalue weighted by atomic mass is 9.43. The molecule has 0 unspecified atom stereocenters. The summed E-state index contributed by atoms with van der Waals surface area (Å²) in [6, 6.07) is 9.47. The van der Waals surface area contributed by atoms with Crippen molar-refractivity contribution >= 4 is 46.5 Å². The minimum Gasteiger partial charge on any atom is -0.383 e. The summed E-state index contributed by atoms with van der Waals surface area (Å²) in [5, 5.41) is 5.91. The van der Waals surface area contributed by atoms with E-state index in [2.05, 4.69) is 10.6 Å².